The lowest BCUT2D eigenvalue weighted by molar-refractivity contribution is 0.0952. The number of hydrogen-bond acceptors (Lipinski definition) is 3. The highest BCUT2D eigenvalue weighted by atomic mass is 35.5. The van der Waals surface area contributed by atoms with Gasteiger partial charge in [-0.1, -0.05) is 67.1 Å². The van der Waals surface area contributed by atoms with Gasteiger partial charge in [0.2, 0.25) is 0 Å². The average molecular weight is 429 g/mol. The first-order valence-electron chi connectivity index (χ1n) is 9.07. The summed E-state index contributed by atoms with van der Waals surface area (Å²) in [6.07, 6.45) is 0. The Labute approximate surface area is 175 Å². The lowest BCUT2D eigenvalue weighted by Crippen LogP contribution is -2.28. The molecule has 0 heterocycles. The van der Waals surface area contributed by atoms with E-state index in [4.69, 9.17) is 11.6 Å². The van der Waals surface area contributed by atoms with Crippen LogP contribution < -0.4 is 10.0 Å². The van der Waals surface area contributed by atoms with E-state index in [1.807, 2.05) is 37.3 Å². The molecule has 2 N–H and O–H groups in total. The number of anilines is 1. The van der Waals surface area contributed by atoms with Gasteiger partial charge < -0.3 is 5.32 Å². The fourth-order valence-electron chi connectivity index (χ4n) is 2.82. The zero-order chi connectivity index (χ0) is 20.9. The van der Waals surface area contributed by atoms with Crippen molar-refractivity contribution in [1.82, 2.24) is 5.32 Å². The maximum atomic E-state index is 12.6. The molecule has 0 spiro atoms. The molecule has 3 aromatic carbocycles. The summed E-state index contributed by atoms with van der Waals surface area (Å²) in [6, 6.07) is 22.3. The van der Waals surface area contributed by atoms with Crippen molar-refractivity contribution in [1.29, 1.82) is 0 Å². The highest BCUT2D eigenvalue weighted by Crippen LogP contribution is 2.23. The third-order valence-electron chi connectivity index (χ3n) is 4.45. The highest BCUT2D eigenvalue weighted by Gasteiger charge is 2.17. The molecule has 150 valence electrons. The minimum Gasteiger partial charge on any atom is -0.351 e. The summed E-state index contributed by atoms with van der Waals surface area (Å²) in [7, 11) is -3.76. The van der Waals surface area contributed by atoms with Crippen LogP contribution in [-0.4, -0.2) is 20.9 Å². The number of benzene rings is 3. The largest absolute Gasteiger partial charge is 0.351 e. The number of carbonyl (C=O) groups excluding carboxylic acids is 1. The Morgan fingerprint density at radius 2 is 1.59 bits per heavy atom. The van der Waals surface area contributed by atoms with Gasteiger partial charge in [-0.05, 0) is 41.8 Å². The average Bonchev–Trinajstić information content (AvgIpc) is 2.74. The number of amides is 1. The van der Waals surface area contributed by atoms with Crippen molar-refractivity contribution in [3.05, 3.63) is 95.0 Å². The van der Waals surface area contributed by atoms with Crippen molar-refractivity contribution in [2.75, 3.05) is 11.3 Å². The highest BCUT2D eigenvalue weighted by molar-refractivity contribution is 7.92. The van der Waals surface area contributed by atoms with Crippen LogP contribution in [0.5, 0.6) is 0 Å². The SMILES string of the molecule is C[C@H](CNC(=O)c1cc(NS(=O)(=O)c2ccccc2)ccc1Cl)c1ccccc1. The summed E-state index contributed by atoms with van der Waals surface area (Å²) in [5.74, 6) is -0.239. The number of sulfonamides is 1. The number of rotatable bonds is 7. The molecule has 0 aromatic heterocycles. The van der Waals surface area contributed by atoms with Gasteiger partial charge >= 0.3 is 0 Å². The zero-order valence-corrected chi connectivity index (χ0v) is 17.4. The Kier molecular flexibility index (Phi) is 6.56. The van der Waals surface area contributed by atoms with Crippen LogP contribution in [0.2, 0.25) is 5.02 Å². The van der Waals surface area contributed by atoms with Crippen LogP contribution in [0.3, 0.4) is 0 Å². The quantitative estimate of drug-likeness (QED) is 0.574. The van der Waals surface area contributed by atoms with E-state index in [0.29, 0.717) is 6.54 Å². The molecule has 3 rings (SSSR count). The predicted octanol–water partition coefficient (Wildman–Crippen LogP) is 4.67. The summed E-state index contributed by atoms with van der Waals surface area (Å²) in [5, 5.41) is 3.11. The maximum Gasteiger partial charge on any atom is 0.261 e. The fourth-order valence-corrected chi connectivity index (χ4v) is 4.09. The maximum absolute atomic E-state index is 12.6. The van der Waals surface area contributed by atoms with Crippen molar-refractivity contribution in [2.45, 2.75) is 17.7 Å². The van der Waals surface area contributed by atoms with Crippen LogP contribution in [0.15, 0.2) is 83.8 Å². The summed E-state index contributed by atoms with van der Waals surface area (Å²) in [5.41, 5.74) is 1.59. The topological polar surface area (TPSA) is 75.3 Å². The lowest BCUT2D eigenvalue weighted by atomic mass is 10.0. The molecule has 0 aliphatic rings. The monoisotopic (exact) mass is 428 g/mol. The van der Waals surface area contributed by atoms with Crippen molar-refractivity contribution in [3.63, 3.8) is 0 Å². The minimum atomic E-state index is -3.76. The number of carbonyl (C=O) groups is 1. The second kappa shape index (κ2) is 9.11. The summed E-state index contributed by atoms with van der Waals surface area (Å²) in [4.78, 5) is 12.8. The van der Waals surface area contributed by atoms with Gasteiger partial charge in [-0.2, -0.15) is 0 Å². The first-order chi connectivity index (χ1) is 13.9. The molecule has 1 atom stereocenters. The molecule has 0 aliphatic heterocycles. The van der Waals surface area contributed by atoms with E-state index in [1.165, 1.54) is 30.3 Å². The van der Waals surface area contributed by atoms with Gasteiger partial charge in [0.25, 0.3) is 15.9 Å². The Hall–Kier alpha value is -2.83. The second-order valence-electron chi connectivity index (χ2n) is 6.63. The molecule has 3 aromatic rings. The second-order valence-corrected chi connectivity index (χ2v) is 8.72. The smallest absolute Gasteiger partial charge is 0.261 e. The van der Waals surface area contributed by atoms with E-state index in [2.05, 4.69) is 10.0 Å². The van der Waals surface area contributed by atoms with Gasteiger partial charge in [-0.3, -0.25) is 9.52 Å². The van der Waals surface area contributed by atoms with Crippen molar-refractivity contribution in [3.8, 4) is 0 Å². The molecule has 0 saturated heterocycles. The van der Waals surface area contributed by atoms with Crippen LogP contribution in [0, 0.1) is 0 Å². The van der Waals surface area contributed by atoms with E-state index >= 15 is 0 Å². The Morgan fingerprint density at radius 1 is 0.966 bits per heavy atom. The summed E-state index contributed by atoms with van der Waals surface area (Å²) >= 11 is 6.17. The Balaban J connectivity index is 1.72. The van der Waals surface area contributed by atoms with Gasteiger partial charge in [0, 0.05) is 12.2 Å². The van der Waals surface area contributed by atoms with Crippen molar-refractivity contribution in [2.24, 2.45) is 0 Å². The summed E-state index contributed by atoms with van der Waals surface area (Å²) in [6.45, 7) is 2.45. The number of nitrogens with one attached hydrogen (secondary N) is 2. The summed E-state index contributed by atoms with van der Waals surface area (Å²) < 4.78 is 27.5. The molecule has 0 unspecified atom stereocenters. The molecular formula is C22H21ClN2O3S. The Morgan fingerprint density at radius 3 is 2.24 bits per heavy atom. The molecule has 0 bridgehead atoms. The predicted molar refractivity (Wildman–Crippen MR) is 116 cm³/mol. The molecule has 1 amide bonds. The minimum absolute atomic E-state index is 0.124. The van der Waals surface area contributed by atoms with E-state index in [1.54, 1.807) is 18.2 Å². The van der Waals surface area contributed by atoms with Gasteiger partial charge in [0.05, 0.1) is 15.5 Å². The molecule has 0 saturated carbocycles. The van der Waals surface area contributed by atoms with Crippen LogP contribution >= 0.6 is 11.6 Å². The third kappa shape index (κ3) is 5.37. The first-order valence-corrected chi connectivity index (χ1v) is 10.9. The zero-order valence-electron chi connectivity index (χ0n) is 15.8. The van der Waals surface area contributed by atoms with Crippen LogP contribution in [0.4, 0.5) is 5.69 Å². The third-order valence-corrected chi connectivity index (χ3v) is 6.18. The number of halogens is 1. The molecule has 0 fully saturated rings. The van der Waals surface area contributed by atoms with Gasteiger partial charge in [-0.25, -0.2) is 8.42 Å². The van der Waals surface area contributed by atoms with E-state index in [-0.39, 0.29) is 33.0 Å². The van der Waals surface area contributed by atoms with Crippen LogP contribution in [0.25, 0.3) is 0 Å². The molecular weight excluding hydrogens is 408 g/mol. The van der Waals surface area contributed by atoms with Gasteiger partial charge in [0.1, 0.15) is 0 Å². The van der Waals surface area contributed by atoms with Crippen LogP contribution in [-0.2, 0) is 10.0 Å². The normalized spacial score (nSPS) is 12.2. The van der Waals surface area contributed by atoms with Crippen molar-refractivity contribution < 1.29 is 13.2 Å². The Bertz CT molecular complexity index is 1090. The fraction of sp³-hybridized carbons (Fsp3) is 0.136. The van der Waals surface area contributed by atoms with Crippen molar-refractivity contribution >= 4 is 33.2 Å². The van der Waals surface area contributed by atoms with E-state index in [0.717, 1.165) is 5.56 Å². The molecule has 5 nitrogen and oxygen atoms in total. The van der Waals surface area contributed by atoms with E-state index in [9.17, 15) is 13.2 Å². The van der Waals surface area contributed by atoms with Crippen LogP contribution in [0.1, 0.15) is 28.8 Å². The van der Waals surface area contributed by atoms with E-state index < -0.39 is 10.0 Å². The van der Waals surface area contributed by atoms with Gasteiger partial charge in [0.15, 0.2) is 0 Å². The first kappa shape index (κ1) is 20.9. The molecule has 0 radical (unpaired) electrons. The standard InChI is InChI=1S/C22H21ClN2O3S/c1-16(17-8-4-2-5-9-17)15-24-22(26)20-14-18(12-13-21(20)23)25-29(27,28)19-10-6-3-7-11-19/h2-14,16,25H,15H2,1H3,(H,24,26)/t16-/m1/s1. The molecule has 7 heteroatoms. The lowest BCUT2D eigenvalue weighted by Gasteiger charge is -2.14. The molecule has 29 heavy (non-hydrogen) atoms. The van der Waals surface area contributed by atoms with Gasteiger partial charge in [-0.15, -0.1) is 0 Å². The number of hydrogen-bond donors (Lipinski definition) is 2. The molecule has 0 aliphatic carbocycles.